The molecule has 468 valence electrons. The van der Waals surface area contributed by atoms with Crippen molar-refractivity contribution in [2.24, 2.45) is 50.2 Å². The predicted molar refractivity (Wildman–Crippen MR) is 310 cm³/mol. The van der Waals surface area contributed by atoms with E-state index in [4.69, 9.17) is 28.4 Å². The van der Waals surface area contributed by atoms with Gasteiger partial charge in [0.25, 0.3) is 0 Å². The van der Waals surface area contributed by atoms with Crippen molar-refractivity contribution in [2.45, 2.75) is 265 Å². The Morgan fingerprint density at radius 2 is 1.35 bits per heavy atom. The van der Waals surface area contributed by atoms with Crippen molar-refractivity contribution in [2.75, 3.05) is 13.2 Å². The monoisotopic (exact) mass is 1280 g/mol. The molecule has 5 aliphatic carbocycles. The standard InChI is InChI=1S/C61H92NO17.3CH3.Sn/c1-33-50(77-52-48(71)45(68)38(65)32-74-52)47(70)49(72)53(75-33)78-51-46(69)44(62-43(67)19-15-10-9-14-18-37(64)34-16-12-11-13-17-34)39(31-63)76-54(51)79-55(73)61-28-26-56(2,3)30-36(61)35-20-21-41-58(6)24-23-42(66)57(4,5)40(58)22-25-60(41,8)59(35,7)27-29-61;;;;/h12-13,16-17,20,33,36,38-42,44-54,63,65-66,68-72H,9-10,14-15,18-19,21-32H2,1-8H3,(H,62,67);3*1H3;/t33?,36?,38-,39?,40+,41?,42+,44+,45?,46?,47?,48?,49?,50+,51?,52+,53+,54+,58?,59-,60+,61+;;;;/m1..../s1. The summed E-state index contributed by atoms with van der Waals surface area (Å²) in [5.74, 6) is -0.348. The third kappa shape index (κ3) is 12.2. The minimum absolute atomic E-state index is 0.0245. The SMILES string of the molecule is CC1O[C@@H](OC2C(O)[C@@H](NC(=O)CCCCCCC(=O)c3cc[c]([Sn]([CH3])([CH3])[CH3])cc3)C(CO)O[C@H]2OC(=O)[C@]23CCC(C)(C)CC2C2=CCC4C5(C)CC[C@H](O)C(C)(C)[C@@H]5CC[C@]4(C)[C@]2(C)CC3)C(O)C(O)[C@H]1O[C@@H]1OC[C@@H](O)C(O)C1O. The summed E-state index contributed by atoms with van der Waals surface area (Å²) in [7, 11) is 0. The van der Waals surface area contributed by atoms with Gasteiger partial charge in [-0.15, -0.1) is 0 Å². The number of rotatable bonds is 17. The van der Waals surface area contributed by atoms with Crippen LogP contribution in [0.1, 0.15) is 168 Å². The van der Waals surface area contributed by atoms with Gasteiger partial charge in [-0.2, -0.15) is 0 Å². The second-order valence-electron chi connectivity index (χ2n) is 29.8. The third-order valence-electron chi connectivity index (χ3n) is 22.9. The number of Topliss-reactive ketones (excluding diaryl/α,β-unsaturated/α-hetero) is 1. The van der Waals surface area contributed by atoms with Crippen LogP contribution in [0.4, 0.5) is 0 Å². The molecule has 22 atom stereocenters. The fourth-order valence-electron chi connectivity index (χ4n) is 17.3. The number of ketones is 1. The third-order valence-corrected chi connectivity index (χ3v) is 28.8. The number of carbonyl (C=O) groups is 3. The topological polar surface area (TPSA) is 280 Å². The summed E-state index contributed by atoms with van der Waals surface area (Å²) in [4.78, 5) is 49.5. The summed E-state index contributed by atoms with van der Waals surface area (Å²) in [5, 5.41) is 91.8. The number of allylic oxidation sites excluding steroid dienone is 2. The average molecular weight is 1280 g/mol. The van der Waals surface area contributed by atoms with Gasteiger partial charge in [-0.25, -0.2) is 0 Å². The van der Waals surface area contributed by atoms with E-state index in [1.54, 1.807) is 0 Å². The van der Waals surface area contributed by atoms with Crippen LogP contribution in [0, 0.1) is 50.2 Å². The van der Waals surface area contributed by atoms with Gasteiger partial charge in [-0.3, -0.25) is 9.59 Å². The van der Waals surface area contributed by atoms with Crippen LogP contribution in [0.5, 0.6) is 0 Å². The van der Waals surface area contributed by atoms with Crippen LogP contribution in [0.15, 0.2) is 35.9 Å². The minimum Gasteiger partial charge on any atom is -0.432 e. The number of carbonyl (C=O) groups excluding carboxylic acids is 3. The van der Waals surface area contributed by atoms with Gasteiger partial charge in [-0.05, 0) is 116 Å². The number of esters is 1. The van der Waals surface area contributed by atoms with Crippen LogP contribution in [0.3, 0.4) is 0 Å². The molecule has 0 spiro atoms. The molecule has 9 rings (SSSR count). The van der Waals surface area contributed by atoms with E-state index >= 15 is 4.79 Å². The number of ether oxygens (including phenoxy) is 6. The van der Waals surface area contributed by atoms with E-state index in [2.05, 4.69) is 86.8 Å². The molecule has 7 fully saturated rings. The number of fused-ring (bicyclic) bond motifs is 7. The normalized spacial score (nSPS) is 44.0. The number of unbranched alkanes of at least 4 members (excludes halogenated alkanes) is 3. The Balaban J connectivity index is 0.931. The quantitative estimate of drug-likeness (QED) is 0.0297. The van der Waals surface area contributed by atoms with Crippen molar-refractivity contribution >= 4 is 39.6 Å². The Kier molecular flexibility index (Phi) is 19.4. The Bertz CT molecular complexity index is 2500. The summed E-state index contributed by atoms with van der Waals surface area (Å²) in [6.45, 7) is 16.8. The molecule has 83 heavy (non-hydrogen) atoms. The molecule has 3 aliphatic heterocycles. The van der Waals surface area contributed by atoms with Gasteiger partial charge in [0.1, 0.15) is 48.8 Å². The minimum atomic E-state index is -2.25. The Hall–Kier alpha value is -2.15. The smallest absolute Gasteiger partial charge is 0.315 e. The zero-order chi connectivity index (χ0) is 60.6. The van der Waals surface area contributed by atoms with Crippen LogP contribution in [0.25, 0.3) is 0 Å². The Morgan fingerprint density at radius 3 is 2.02 bits per heavy atom. The summed E-state index contributed by atoms with van der Waals surface area (Å²) in [6.07, 6.45) is -7.45. The Morgan fingerprint density at radius 1 is 0.699 bits per heavy atom. The second kappa shape index (κ2) is 24.7. The molecule has 1 amide bonds. The summed E-state index contributed by atoms with van der Waals surface area (Å²) in [6, 6.07) is 6.70. The van der Waals surface area contributed by atoms with Crippen LogP contribution >= 0.6 is 0 Å². The molecule has 1 aromatic rings. The van der Waals surface area contributed by atoms with E-state index in [1.165, 1.54) is 16.1 Å². The molecule has 0 radical (unpaired) electrons. The maximum absolute atomic E-state index is 15.7. The van der Waals surface area contributed by atoms with Gasteiger partial charge in [0.05, 0.1) is 36.9 Å². The van der Waals surface area contributed by atoms with Crippen LogP contribution in [0.2, 0.25) is 14.8 Å². The fraction of sp³-hybridized carbons (Fsp3) is 0.828. The summed E-state index contributed by atoms with van der Waals surface area (Å²) < 4.78 is 38.2. The van der Waals surface area contributed by atoms with Gasteiger partial charge < -0.3 is 74.6 Å². The molecule has 4 saturated carbocycles. The molecule has 9 N–H and O–H groups in total. The largest absolute Gasteiger partial charge is 0.432 e. The van der Waals surface area contributed by atoms with Crippen molar-refractivity contribution in [1.29, 1.82) is 0 Å². The van der Waals surface area contributed by atoms with Crippen LogP contribution in [-0.2, 0) is 38.0 Å². The van der Waals surface area contributed by atoms with Crippen molar-refractivity contribution in [3.63, 3.8) is 0 Å². The Labute approximate surface area is 496 Å². The number of aliphatic hydroxyl groups is 8. The molecule has 3 saturated heterocycles. The molecule has 18 nitrogen and oxygen atoms in total. The van der Waals surface area contributed by atoms with Crippen molar-refractivity contribution in [1.82, 2.24) is 5.32 Å². The molecular formula is C64H101NO17Sn. The fourth-order valence-corrected chi connectivity index (χ4v) is 20.6. The van der Waals surface area contributed by atoms with E-state index < -0.39 is 128 Å². The first kappa shape index (κ1) is 65.3. The van der Waals surface area contributed by atoms with E-state index in [0.717, 1.165) is 51.4 Å². The van der Waals surface area contributed by atoms with Gasteiger partial charge in [0.2, 0.25) is 6.29 Å². The molecule has 11 unspecified atom stereocenters. The first-order valence-electron chi connectivity index (χ1n) is 31.3. The van der Waals surface area contributed by atoms with E-state index in [0.29, 0.717) is 62.3 Å². The molecule has 1 aromatic carbocycles. The number of aliphatic hydroxyl groups excluding tert-OH is 8. The van der Waals surface area contributed by atoms with Crippen molar-refractivity contribution in [3.05, 3.63) is 41.5 Å². The zero-order valence-corrected chi connectivity index (χ0v) is 54.1. The van der Waals surface area contributed by atoms with Gasteiger partial charge in [0, 0.05) is 0 Å². The molecule has 8 aliphatic rings. The van der Waals surface area contributed by atoms with Crippen LogP contribution < -0.4 is 8.90 Å². The molecule has 0 aromatic heterocycles. The first-order valence-corrected chi connectivity index (χ1v) is 41.3. The van der Waals surface area contributed by atoms with Gasteiger partial charge in [-0.1, -0.05) is 60.1 Å². The zero-order valence-electron chi connectivity index (χ0n) is 51.3. The molecule has 3 heterocycles. The van der Waals surface area contributed by atoms with E-state index in [-0.39, 0.29) is 57.9 Å². The van der Waals surface area contributed by atoms with Crippen molar-refractivity contribution in [3.8, 4) is 0 Å². The molecule has 0 bridgehead atoms. The van der Waals surface area contributed by atoms with Gasteiger partial charge in [0.15, 0.2) is 18.7 Å². The molecular weight excluding hydrogens is 1170 g/mol. The number of hydrogen-bond donors (Lipinski definition) is 9. The predicted octanol–water partition coefficient (Wildman–Crippen LogP) is 5.70. The maximum Gasteiger partial charge on any atom is 0.315 e. The summed E-state index contributed by atoms with van der Waals surface area (Å²) in [5.41, 5.74) is 0.388. The van der Waals surface area contributed by atoms with Crippen LogP contribution in [-0.4, -0.2) is 182 Å². The summed E-state index contributed by atoms with van der Waals surface area (Å²) >= 11 is -2.25. The average Bonchev–Trinajstić information content (AvgIpc) is 2.05. The number of nitrogens with one attached hydrogen (secondary N) is 1. The van der Waals surface area contributed by atoms with E-state index in [9.17, 15) is 50.4 Å². The maximum atomic E-state index is 15.7. The number of amides is 1. The first-order chi connectivity index (χ1) is 38.8. The number of benzene rings is 1. The molecule has 19 heteroatoms. The second-order valence-corrected chi connectivity index (χ2v) is 44.3. The number of hydrogen-bond acceptors (Lipinski definition) is 17. The van der Waals surface area contributed by atoms with Gasteiger partial charge >= 0.3 is 128 Å². The van der Waals surface area contributed by atoms with E-state index in [1.807, 2.05) is 12.1 Å². The van der Waals surface area contributed by atoms with Crippen molar-refractivity contribution < 1.29 is 83.7 Å².